The summed E-state index contributed by atoms with van der Waals surface area (Å²) in [6, 6.07) is 7.36. The van der Waals surface area contributed by atoms with Crippen molar-refractivity contribution in [1.29, 1.82) is 0 Å². The summed E-state index contributed by atoms with van der Waals surface area (Å²) < 4.78 is 65.3. The molecular weight excluding hydrogens is 470 g/mol. The maximum atomic E-state index is 13.1. The molecule has 2 atom stereocenters. The number of nitrogens with zero attached hydrogens (tertiary/aromatic N) is 2. The van der Waals surface area contributed by atoms with Crippen LogP contribution in [0.3, 0.4) is 0 Å². The highest BCUT2D eigenvalue weighted by atomic mass is 32.2. The molecule has 33 heavy (non-hydrogen) atoms. The van der Waals surface area contributed by atoms with Crippen molar-refractivity contribution in [3.63, 3.8) is 0 Å². The van der Waals surface area contributed by atoms with Crippen molar-refractivity contribution < 1.29 is 30.8 Å². The van der Waals surface area contributed by atoms with Crippen molar-refractivity contribution in [3.05, 3.63) is 47.9 Å². The van der Waals surface area contributed by atoms with Gasteiger partial charge in [-0.05, 0) is 42.8 Å². The Kier molecular flexibility index (Phi) is 6.65. The van der Waals surface area contributed by atoms with Gasteiger partial charge in [0.2, 0.25) is 26.0 Å². The van der Waals surface area contributed by atoms with E-state index in [-0.39, 0.29) is 28.9 Å². The predicted octanol–water partition coefficient (Wildman–Crippen LogP) is 1.25. The van der Waals surface area contributed by atoms with Gasteiger partial charge in [-0.3, -0.25) is 9.69 Å². The number of morpholine rings is 1. The van der Waals surface area contributed by atoms with Crippen LogP contribution in [0.15, 0.2) is 45.9 Å². The van der Waals surface area contributed by atoms with E-state index >= 15 is 0 Å². The number of aryl methyl sites for hydroxylation is 1. The Labute approximate surface area is 193 Å². The van der Waals surface area contributed by atoms with Gasteiger partial charge in [0.1, 0.15) is 5.76 Å². The Morgan fingerprint density at radius 1 is 1.21 bits per heavy atom. The van der Waals surface area contributed by atoms with Gasteiger partial charge in [0.15, 0.2) is 0 Å². The predicted molar refractivity (Wildman–Crippen MR) is 121 cm³/mol. The Bertz CT molecular complexity index is 1220. The number of rotatable bonds is 7. The van der Waals surface area contributed by atoms with Crippen LogP contribution in [0, 0.1) is 12.8 Å². The third-order valence-electron chi connectivity index (χ3n) is 5.87. The van der Waals surface area contributed by atoms with Crippen molar-refractivity contribution in [3.8, 4) is 0 Å². The first-order valence-electron chi connectivity index (χ1n) is 10.6. The lowest BCUT2D eigenvalue weighted by Crippen LogP contribution is -2.43. The zero-order valence-electron chi connectivity index (χ0n) is 18.4. The zero-order valence-corrected chi connectivity index (χ0v) is 20.1. The van der Waals surface area contributed by atoms with Crippen LogP contribution in [-0.2, 0) is 29.6 Å². The van der Waals surface area contributed by atoms with Gasteiger partial charge in [-0.2, -0.15) is 0 Å². The molecule has 0 unspecified atom stereocenters. The molecule has 0 radical (unpaired) electrons. The molecule has 12 heteroatoms. The fourth-order valence-electron chi connectivity index (χ4n) is 4.19. The Morgan fingerprint density at radius 2 is 1.94 bits per heavy atom. The van der Waals surface area contributed by atoms with Gasteiger partial charge in [0.25, 0.3) is 0 Å². The summed E-state index contributed by atoms with van der Waals surface area (Å²) in [5.74, 6) is -0.769. The largest absolute Gasteiger partial charge is 0.468 e. The van der Waals surface area contributed by atoms with E-state index < -0.39 is 31.9 Å². The molecule has 2 aliphatic heterocycles. The van der Waals surface area contributed by atoms with Gasteiger partial charge in [-0.25, -0.2) is 25.9 Å². The minimum Gasteiger partial charge on any atom is -0.468 e. The van der Waals surface area contributed by atoms with E-state index in [9.17, 15) is 21.6 Å². The van der Waals surface area contributed by atoms with Gasteiger partial charge in [0.05, 0.1) is 47.8 Å². The van der Waals surface area contributed by atoms with E-state index in [4.69, 9.17) is 9.15 Å². The van der Waals surface area contributed by atoms with E-state index in [2.05, 4.69) is 9.62 Å². The lowest BCUT2D eigenvalue weighted by Gasteiger charge is -2.33. The molecule has 0 bridgehead atoms. The number of nitrogens with one attached hydrogen (secondary N) is 1. The van der Waals surface area contributed by atoms with Crippen molar-refractivity contribution in [2.45, 2.75) is 24.8 Å². The minimum atomic E-state index is -3.91. The van der Waals surface area contributed by atoms with Crippen LogP contribution in [-0.4, -0.2) is 66.2 Å². The molecule has 10 nitrogen and oxygen atoms in total. The average molecular weight is 498 g/mol. The fraction of sp³-hybridized carbons (Fsp3) is 0.476. The summed E-state index contributed by atoms with van der Waals surface area (Å²) in [7, 11) is -7.68. The third kappa shape index (κ3) is 4.85. The Balaban J connectivity index is 1.55. The number of sulfonamides is 2. The van der Waals surface area contributed by atoms with Crippen molar-refractivity contribution in [1.82, 2.24) is 9.62 Å². The van der Waals surface area contributed by atoms with E-state index in [0.29, 0.717) is 37.6 Å². The van der Waals surface area contributed by atoms with Crippen LogP contribution in [0.4, 0.5) is 5.69 Å². The normalized spacial score (nSPS) is 22.5. The molecule has 180 valence electrons. The Morgan fingerprint density at radius 3 is 2.52 bits per heavy atom. The molecule has 4 rings (SSSR count). The second kappa shape index (κ2) is 9.18. The van der Waals surface area contributed by atoms with Crippen LogP contribution >= 0.6 is 0 Å². The number of carbonyl (C=O) groups excluding carboxylic acids is 1. The van der Waals surface area contributed by atoms with Crippen molar-refractivity contribution in [2.75, 3.05) is 42.9 Å². The number of anilines is 1. The van der Waals surface area contributed by atoms with Gasteiger partial charge in [-0.15, -0.1) is 0 Å². The monoisotopic (exact) mass is 497 g/mol. The van der Waals surface area contributed by atoms with Crippen LogP contribution in [0.1, 0.15) is 24.3 Å². The van der Waals surface area contributed by atoms with Crippen molar-refractivity contribution in [2.24, 2.45) is 5.92 Å². The lowest BCUT2D eigenvalue weighted by molar-refractivity contribution is -0.119. The van der Waals surface area contributed by atoms with Crippen LogP contribution in [0.5, 0.6) is 0 Å². The smallest absolute Gasteiger partial charge is 0.244 e. The number of benzene rings is 1. The number of furan rings is 1. The molecule has 1 amide bonds. The molecule has 0 saturated carbocycles. The number of amides is 1. The maximum Gasteiger partial charge on any atom is 0.244 e. The van der Waals surface area contributed by atoms with Gasteiger partial charge >= 0.3 is 0 Å². The second-order valence-corrected chi connectivity index (χ2v) is 11.9. The fourth-order valence-corrected chi connectivity index (χ4v) is 7.27. The van der Waals surface area contributed by atoms with E-state index in [1.54, 1.807) is 26.2 Å². The number of carbonyl (C=O) groups is 1. The molecule has 1 aromatic heterocycles. The maximum absolute atomic E-state index is 13.1. The third-order valence-corrected chi connectivity index (χ3v) is 9.32. The first-order valence-corrected chi connectivity index (χ1v) is 13.7. The van der Waals surface area contributed by atoms with E-state index in [1.165, 1.54) is 18.2 Å². The highest BCUT2D eigenvalue weighted by Crippen LogP contribution is 2.31. The quantitative estimate of drug-likeness (QED) is 0.606. The summed E-state index contributed by atoms with van der Waals surface area (Å²) in [4.78, 5) is 14.5. The first kappa shape index (κ1) is 23.9. The zero-order chi connectivity index (χ0) is 23.8. The molecule has 2 fully saturated rings. The highest BCUT2D eigenvalue weighted by Gasteiger charge is 2.42. The number of hydrogen-bond donors (Lipinski definition) is 1. The standard InChI is InChI=1S/C21H27N3O7S2/c1-15-12-17(24-21(25)16(2)14-32(24,26)27)5-6-20(15)33(28,29)22-13-18(19-4-3-9-31-19)23-7-10-30-11-8-23/h3-6,9,12,16,18,22H,7-8,10-11,13-14H2,1-2H3/t16-,18+/m0/s1. The van der Waals surface area contributed by atoms with E-state index in [1.807, 2.05) is 6.07 Å². The highest BCUT2D eigenvalue weighted by molar-refractivity contribution is 7.94. The molecular formula is C21H27N3O7S2. The molecule has 2 saturated heterocycles. The van der Waals surface area contributed by atoms with Gasteiger partial charge < -0.3 is 9.15 Å². The first-order chi connectivity index (χ1) is 15.6. The molecule has 3 heterocycles. The Hall–Kier alpha value is -2.25. The van der Waals surface area contributed by atoms with Crippen LogP contribution in [0.25, 0.3) is 0 Å². The van der Waals surface area contributed by atoms with E-state index in [0.717, 1.165) is 4.31 Å². The summed E-state index contributed by atoms with van der Waals surface area (Å²) in [6.07, 6.45) is 1.55. The number of ether oxygens (including phenoxy) is 1. The van der Waals surface area contributed by atoms with Gasteiger partial charge in [0, 0.05) is 19.6 Å². The summed E-state index contributed by atoms with van der Waals surface area (Å²) in [5, 5.41) is 0. The molecule has 0 aliphatic carbocycles. The minimum absolute atomic E-state index is 0.0171. The number of hydrogen-bond acceptors (Lipinski definition) is 8. The van der Waals surface area contributed by atoms with Gasteiger partial charge in [-0.1, -0.05) is 6.92 Å². The molecule has 2 aliphatic rings. The molecule has 0 spiro atoms. The molecule has 1 N–H and O–H groups in total. The van der Waals surface area contributed by atoms with Crippen LogP contribution < -0.4 is 9.03 Å². The molecule has 1 aromatic carbocycles. The topological polar surface area (TPSA) is 126 Å². The lowest BCUT2D eigenvalue weighted by atomic mass is 10.2. The second-order valence-electron chi connectivity index (χ2n) is 8.26. The SMILES string of the molecule is Cc1cc(N2C(=O)[C@@H](C)CS2(=O)=O)ccc1S(=O)(=O)NC[C@H](c1ccco1)N1CCOCC1. The molecule has 2 aromatic rings. The van der Waals surface area contributed by atoms with Crippen LogP contribution in [0.2, 0.25) is 0 Å². The average Bonchev–Trinajstić information content (AvgIpc) is 3.35. The summed E-state index contributed by atoms with van der Waals surface area (Å²) in [6.45, 7) is 5.63. The summed E-state index contributed by atoms with van der Waals surface area (Å²) >= 11 is 0. The van der Waals surface area contributed by atoms with Crippen molar-refractivity contribution >= 4 is 31.6 Å². The summed E-state index contributed by atoms with van der Waals surface area (Å²) in [5.41, 5.74) is 0.478.